The maximum Gasteiger partial charge on any atom is 0.337 e. The van der Waals surface area contributed by atoms with Crippen LogP contribution in [0, 0.1) is 26.6 Å². The van der Waals surface area contributed by atoms with E-state index in [0.29, 0.717) is 16.2 Å². The summed E-state index contributed by atoms with van der Waals surface area (Å²) in [5, 5.41) is 4.02. The smallest absolute Gasteiger partial charge is 0.337 e. The van der Waals surface area contributed by atoms with Crippen molar-refractivity contribution >= 4 is 29.0 Å². The number of aromatic nitrogens is 2. The molecule has 8 heteroatoms. The van der Waals surface area contributed by atoms with Crippen molar-refractivity contribution in [2.24, 2.45) is 0 Å². The van der Waals surface area contributed by atoms with E-state index in [1.165, 1.54) is 13.2 Å². The monoisotopic (exact) mass is 514 g/mol. The molecule has 1 aliphatic heterocycles. The quantitative estimate of drug-likeness (QED) is 0.264. The van der Waals surface area contributed by atoms with Crippen LogP contribution in [0.1, 0.15) is 50.7 Å². The summed E-state index contributed by atoms with van der Waals surface area (Å²) in [5.41, 5.74) is 6.79. The second-order valence-electron chi connectivity index (χ2n) is 9.13. The van der Waals surface area contributed by atoms with Crippen molar-refractivity contribution in [3.8, 4) is 5.69 Å². The normalized spacial score (nSPS) is 17.1. The molecular formula is C29H27FN4O2S. The first-order chi connectivity index (χ1) is 17.8. The highest BCUT2D eigenvalue weighted by molar-refractivity contribution is 7.80. The lowest BCUT2D eigenvalue weighted by Crippen LogP contribution is -2.29. The lowest BCUT2D eigenvalue weighted by atomic mass is 9.96. The van der Waals surface area contributed by atoms with E-state index in [1.54, 1.807) is 31.3 Å². The van der Waals surface area contributed by atoms with E-state index in [2.05, 4.69) is 27.9 Å². The van der Waals surface area contributed by atoms with Gasteiger partial charge >= 0.3 is 5.97 Å². The Morgan fingerprint density at radius 2 is 1.76 bits per heavy atom. The van der Waals surface area contributed by atoms with Crippen molar-refractivity contribution in [3.05, 3.63) is 113 Å². The van der Waals surface area contributed by atoms with Crippen LogP contribution in [0.2, 0.25) is 0 Å². The summed E-state index contributed by atoms with van der Waals surface area (Å²) in [5.74, 6) is -0.629. The number of aryl methyl sites for hydroxylation is 2. The summed E-state index contributed by atoms with van der Waals surface area (Å²) in [7, 11) is 1.37. The molecule has 1 aliphatic rings. The molecule has 0 unspecified atom stereocenters. The maximum absolute atomic E-state index is 14.1. The largest absolute Gasteiger partial charge is 0.465 e. The molecule has 37 heavy (non-hydrogen) atoms. The standard InChI is InChI=1S/C29H27FN4O2S/c1-17-15-22(12-13-24(17)30)34-27(26(32-29(34)37)25-7-5-6-14-31-25)23-16-18(2)33(19(23)3)21-10-8-20(9-11-21)28(35)36-4/h5-16,26-27H,1-4H3,(H,32,37)/t26-,27+/m0/s1. The Labute approximate surface area is 220 Å². The van der Waals surface area contributed by atoms with E-state index in [0.717, 1.165) is 34.0 Å². The minimum Gasteiger partial charge on any atom is -0.465 e. The Hall–Kier alpha value is -4.04. The molecule has 188 valence electrons. The summed E-state index contributed by atoms with van der Waals surface area (Å²) in [6.07, 6.45) is 1.77. The minimum absolute atomic E-state index is 0.213. The number of thiocarbonyl (C=S) groups is 1. The number of carbonyl (C=O) groups is 1. The highest BCUT2D eigenvalue weighted by atomic mass is 32.1. The van der Waals surface area contributed by atoms with Gasteiger partial charge in [0.25, 0.3) is 0 Å². The number of benzene rings is 2. The summed E-state index contributed by atoms with van der Waals surface area (Å²) in [6.45, 7) is 5.87. The van der Waals surface area contributed by atoms with Crippen LogP contribution in [0.15, 0.2) is 72.9 Å². The molecule has 1 N–H and O–H groups in total. The predicted octanol–water partition coefficient (Wildman–Crippen LogP) is 5.90. The van der Waals surface area contributed by atoms with Gasteiger partial charge in [0.1, 0.15) is 5.82 Å². The van der Waals surface area contributed by atoms with Gasteiger partial charge in [-0.05, 0) is 105 Å². The van der Waals surface area contributed by atoms with Crippen molar-refractivity contribution in [3.63, 3.8) is 0 Å². The fraction of sp³-hybridized carbons (Fsp3) is 0.207. The third-order valence-corrected chi connectivity index (χ3v) is 7.17. The summed E-state index contributed by atoms with van der Waals surface area (Å²) in [4.78, 5) is 18.6. The van der Waals surface area contributed by atoms with Crippen LogP contribution in [0.5, 0.6) is 0 Å². The molecule has 2 aromatic heterocycles. The van der Waals surface area contributed by atoms with E-state index in [1.807, 2.05) is 48.2 Å². The lowest BCUT2D eigenvalue weighted by Gasteiger charge is -2.28. The lowest BCUT2D eigenvalue weighted by molar-refractivity contribution is 0.0600. The number of hydrogen-bond donors (Lipinski definition) is 1. The number of ether oxygens (including phenoxy) is 1. The average Bonchev–Trinajstić information content (AvgIpc) is 3.40. The Morgan fingerprint density at radius 1 is 1.03 bits per heavy atom. The molecule has 0 bridgehead atoms. The number of carbonyl (C=O) groups excluding carboxylic acids is 1. The van der Waals surface area contributed by atoms with Gasteiger partial charge in [0.15, 0.2) is 5.11 Å². The van der Waals surface area contributed by atoms with Gasteiger partial charge in [-0.2, -0.15) is 0 Å². The molecule has 4 aromatic rings. The number of halogens is 1. The van der Waals surface area contributed by atoms with Crippen molar-refractivity contribution in [1.82, 2.24) is 14.9 Å². The first kappa shape index (κ1) is 24.6. The topological polar surface area (TPSA) is 59.4 Å². The molecule has 2 aromatic carbocycles. The number of pyridine rings is 1. The number of hydrogen-bond acceptors (Lipinski definition) is 4. The zero-order chi connectivity index (χ0) is 26.3. The molecule has 2 atom stereocenters. The van der Waals surface area contributed by atoms with Gasteiger partial charge in [-0.3, -0.25) is 4.98 Å². The Bertz CT molecular complexity index is 1480. The molecule has 1 saturated heterocycles. The Morgan fingerprint density at radius 3 is 2.41 bits per heavy atom. The predicted molar refractivity (Wildman–Crippen MR) is 146 cm³/mol. The summed E-state index contributed by atoms with van der Waals surface area (Å²) >= 11 is 5.82. The molecule has 5 rings (SSSR count). The van der Waals surface area contributed by atoms with Crippen LogP contribution < -0.4 is 10.2 Å². The van der Waals surface area contributed by atoms with Crippen molar-refractivity contribution in [2.75, 3.05) is 12.0 Å². The Balaban J connectivity index is 1.64. The molecule has 1 fully saturated rings. The number of nitrogens with zero attached hydrogens (tertiary/aromatic N) is 3. The zero-order valence-electron chi connectivity index (χ0n) is 21.0. The van der Waals surface area contributed by atoms with E-state index in [4.69, 9.17) is 17.0 Å². The third kappa shape index (κ3) is 4.38. The minimum atomic E-state index is -0.373. The molecule has 3 heterocycles. The van der Waals surface area contributed by atoms with Crippen molar-refractivity contribution in [1.29, 1.82) is 0 Å². The van der Waals surface area contributed by atoms with Crippen LogP contribution >= 0.6 is 12.2 Å². The van der Waals surface area contributed by atoms with Gasteiger partial charge in [-0.25, -0.2) is 9.18 Å². The maximum atomic E-state index is 14.1. The van der Waals surface area contributed by atoms with E-state index < -0.39 is 0 Å². The highest BCUT2D eigenvalue weighted by Crippen LogP contribution is 2.44. The van der Waals surface area contributed by atoms with Crippen LogP contribution in [0.3, 0.4) is 0 Å². The van der Waals surface area contributed by atoms with Crippen LogP contribution in [0.4, 0.5) is 10.1 Å². The number of methoxy groups -OCH3 is 1. The fourth-order valence-corrected chi connectivity index (χ4v) is 5.42. The summed E-state index contributed by atoms with van der Waals surface area (Å²) < 4.78 is 21.1. The number of anilines is 1. The average molecular weight is 515 g/mol. The van der Waals surface area contributed by atoms with Gasteiger partial charge in [0.2, 0.25) is 0 Å². The highest BCUT2D eigenvalue weighted by Gasteiger charge is 2.42. The van der Waals surface area contributed by atoms with Gasteiger partial charge < -0.3 is 19.5 Å². The van der Waals surface area contributed by atoms with Crippen molar-refractivity contribution in [2.45, 2.75) is 32.9 Å². The molecule has 0 aliphatic carbocycles. The number of esters is 1. The second kappa shape index (κ2) is 9.78. The van der Waals surface area contributed by atoms with E-state index in [9.17, 15) is 9.18 Å². The van der Waals surface area contributed by atoms with Gasteiger partial charge in [0.05, 0.1) is 30.5 Å². The number of rotatable bonds is 5. The molecule has 0 saturated carbocycles. The van der Waals surface area contributed by atoms with Crippen molar-refractivity contribution < 1.29 is 13.9 Å². The Kier molecular flexibility index (Phi) is 6.52. The van der Waals surface area contributed by atoms with E-state index in [-0.39, 0.29) is 23.9 Å². The van der Waals surface area contributed by atoms with Gasteiger partial charge in [-0.15, -0.1) is 0 Å². The molecule has 0 radical (unpaired) electrons. The van der Waals surface area contributed by atoms with Crippen LogP contribution in [-0.2, 0) is 4.74 Å². The number of nitrogens with one attached hydrogen (secondary N) is 1. The van der Waals surface area contributed by atoms with Crippen LogP contribution in [0.25, 0.3) is 5.69 Å². The summed E-state index contributed by atoms with van der Waals surface area (Å²) in [6, 6.07) is 19.9. The molecule has 0 amide bonds. The fourth-order valence-electron chi connectivity index (χ4n) is 5.08. The zero-order valence-corrected chi connectivity index (χ0v) is 21.8. The van der Waals surface area contributed by atoms with Gasteiger partial charge in [0, 0.05) is 29.0 Å². The molecule has 6 nitrogen and oxygen atoms in total. The molecular weight excluding hydrogens is 487 g/mol. The SMILES string of the molecule is COC(=O)c1ccc(-n2c(C)cc([C@@H]3[C@H](c4ccccn4)NC(=S)N3c3ccc(F)c(C)c3)c2C)cc1. The van der Waals surface area contributed by atoms with Gasteiger partial charge in [-0.1, -0.05) is 6.07 Å². The van der Waals surface area contributed by atoms with E-state index >= 15 is 0 Å². The third-order valence-electron chi connectivity index (χ3n) is 6.85. The first-order valence-corrected chi connectivity index (χ1v) is 12.4. The second-order valence-corrected chi connectivity index (χ2v) is 9.52. The first-order valence-electron chi connectivity index (χ1n) is 11.9. The van der Waals surface area contributed by atoms with Crippen LogP contribution in [-0.4, -0.2) is 27.7 Å². The molecule has 0 spiro atoms.